The van der Waals surface area contributed by atoms with E-state index < -0.39 is 11.8 Å². The minimum Gasteiger partial charge on any atom is -0.435 e. The molecule has 248 valence electrons. The fourth-order valence-electron chi connectivity index (χ4n) is 8.60. The predicted octanol–water partition coefficient (Wildman–Crippen LogP) is 5.46. The lowest BCUT2D eigenvalue weighted by atomic mass is 9.82. The zero-order chi connectivity index (χ0) is 32.5. The Hall–Kier alpha value is -2.35. The fourth-order valence-corrected chi connectivity index (χ4v) is 9.99. The van der Waals surface area contributed by atoms with Crippen molar-refractivity contribution in [3.05, 3.63) is 62.5 Å². The number of hydrogen-bond donors (Lipinski definition) is 2. The molecule has 2 unspecified atom stereocenters. The summed E-state index contributed by atoms with van der Waals surface area (Å²) in [5.41, 5.74) is 1.77. The molecule has 4 aliphatic rings. The maximum absolute atomic E-state index is 13.8. The van der Waals surface area contributed by atoms with Gasteiger partial charge in [0.05, 0.1) is 13.0 Å². The maximum atomic E-state index is 13.8. The van der Waals surface area contributed by atoms with E-state index in [1.54, 1.807) is 0 Å². The van der Waals surface area contributed by atoms with E-state index in [4.69, 9.17) is 0 Å². The molecular weight excluding hydrogens is 716 g/mol. The molecule has 3 amide bonds. The van der Waals surface area contributed by atoms with Crippen LogP contribution < -0.4 is 5.32 Å². The molecule has 12 heteroatoms. The Morgan fingerprint density at radius 2 is 1.70 bits per heavy atom. The van der Waals surface area contributed by atoms with Crippen molar-refractivity contribution in [1.82, 2.24) is 19.6 Å². The summed E-state index contributed by atoms with van der Waals surface area (Å²) in [4.78, 5) is 49.4. The van der Waals surface area contributed by atoms with E-state index in [1.807, 2.05) is 47.4 Å². The van der Waals surface area contributed by atoms with Crippen LogP contribution in [0.4, 0.5) is 15.3 Å². The van der Waals surface area contributed by atoms with Crippen LogP contribution in [-0.4, -0.2) is 125 Å². The Bertz CT molecular complexity index is 1430. The summed E-state index contributed by atoms with van der Waals surface area (Å²) in [7, 11) is 2.17. The van der Waals surface area contributed by atoms with Crippen LogP contribution in [0.1, 0.15) is 43.2 Å². The third-order valence-electron chi connectivity index (χ3n) is 11.0. The van der Waals surface area contributed by atoms with E-state index in [0.717, 1.165) is 71.1 Å². The van der Waals surface area contributed by atoms with Crippen LogP contribution in [0, 0.1) is 0 Å². The Labute approximate surface area is 288 Å². The molecule has 0 aliphatic carbocycles. The van der Waals surface area contributed by atoms with Crippen molar-refractivity contribution in [2.24, 2.45) is 0 Å². The molecule has 0 saturated carbocycles. The van der Waals surface area contributed by atoms with E-state index >= 15 is 0 Å². The summed E-state index contributed by atoms with van der Waals surface area (Å²) in [5, 5.41) is 14.4. The van der Waals surface area contributed by atoms with Crippen LogP contribution >= 0.6 is 31.9 Å². The first-order chi connectivity index (χ1) is 22.1. The Kier molecular flexibility index (Phi) is 10.2. The minimum absolute atomic E-state index is 0.0783. The smallest absolute Gasteiger partial charge is 0.435 e. The molecule has 3 fully saturated rings. The standard InChI is InChI=1S/C34H44Br2N6O4/c1-38-11-7-29(8-12-38)39-14-16-40(17-15-39)34(10-19-43)23-30(41-13-6-26-4-2-3-5-31(26)37-32(41)44)9-18-42(34,33(45)46)24-25-20-27(35)22-28(36)21-25/h2-5,19-22,29-30H,6-18,23-24H2,1H3,(H-,37,44,45,46)/p+1/t30?,34?,42-/m0/s1. The van der Waals surface area contributed by atoms with Crippen LogP contribution in [-0.2, 0) is 17.8 Å². The maximum Gasteiger partial charge on any atom is 0.515 e. The number of halogens is 2. The molecule has 0 bridgehead atoms. The molecule has 2 aromatic rings. The summed E-state index contributed by atoms with van der Waals surface area (Å²) >= 11 is 7.19. The van der Waals surface area contributed by atoms with Crippen molar-refractivity contribution in [1.29, 1.82) is 0 Å². The first kappa shape index (κ1) is 33.5. The number of nitrogens with one attached hydrogen (secondary N) is 1. The number of benzene rings is 2. The molecule has 0 spiro atoms. The number of amides is 3. The number of aldehydes is 1. The Balaban J connectivity index is 1.35. The third kappa shape index (κ3) is 6.53. The highest BCUT2D eigenvalue weighted by molar-refractivity contribution is 9.11. The van der Waals surface area contributed by atoms with Gasteiger partial charge in [0.15, 0.2) is 5.66 Å². The average Bonchev–Trinajstić information content (AvgIpc) is 3.20. The second-order valence-corrected chi connectivity index (χ2v) is 15.3. The van der Waals surface area contributed by atoms with E-state index in [9.17, 15) is 19.5 Å². The van der Waals surface area contributed by atoms with E-state index in [2.05, 4.69) is 58.9 Å². The number of anilines is 1. The molecule has 10 nitrogen and oxygen atoms in total. The number of piperidine rings is 2. The van der Waals surface area contributed by atoms with Gasteiger partial charge in [0.25, 0.3) is 0 Å². The molecule has 2 N–H and O–H groups in total. The number of carbonyl (C=O) groups is 3. The molecule has 6 rings (SSSR count). The molecular formula is C34H45Br2N6O4+. The molecule has 0 aromatic heterocycles. The molecule has 46 heavy (non-hydrogen) atoms. The molecule has 3 atom stereocenters. The number of carboxylic acid groups (broad SMARTS) is 1. The van der Waals surface area contributed by atoms with Gasteiger partial charge in [-0.05, 0) is 69.2 Å². The fraction of sp³-hybridized carbons (Fsp3) is 0.559. The summed E-state index contributed by atoms with van der Waals surface area (Å²) < 4.78 is 1.46. The summed E-state index contributed by atoms with van der Waals surface area (Å²) in [5.74, 6) is 0. The summed E-state index contributed by atoms with van der Waals surface area (Å²) in [6, 6.07) is 13.9. The van der Waals surface area contributed by atoms with Gasteiger partial charge in [0.2, 0.25) is 0 Å². The third-order valence-corrected chi connectivity index (χ3v) is 12.0. The molecule has 0 radical (unpaired) electrons. The lowest BCUT2D eigenvalue weighted by Crippen LogP contribution is -2.79. The highest BCUT2D eigenvalue weighted by Gasteiger charge is 2.64. The Morgan fingerprint density at radius 1 is 1.00 bits per heavy atom. The van der Waals surface area contributed by atoms with Gasteiger partial charge in [-0.25, -0.2) is 14.2 Å². The quantitative estimate of drug-likeness (QED) is 0.286. The monoisotopic (exact) mass is 759 g/mol. The van der Waals surface area contributed by atoms with Crippen molar-refractivity contribution < 1.29 is 24.0 Å². The van der Waals surface area contributed by atoms with Crippen LogP contribution in [0.25, 0.3) is 0 Å². The minimum atomic E-state index is -1.02. The highest BCUT2D eigenvalue weighted by Crippen LogP contribution is 2.45. The lowest BCUT2D eigenvalue weighted by Gasteiger charge is -2.59. The highest BCUT2D eigenvalue weighted by atomic mass is 79.9. The van der Waals surface area contributed by atoms with Crippen molar-refractivity contribution >= 4 is 56.0 Å². The number of hydrogen-bond acceptors (Lipinski definition) is 6. The molecule has 4 heterocycles. The van der Waals surface area contributed by atoms with Crippen LogP contribution in [0.2, 0.25) is 0 Å². The first-order valence-electron chi connectivity index (χ1n) is 16.5. The number of likely N-dealkylation sites (tertiary alicyclic amines) is 2. The van der Waals surface area contributed by atoms with Crippen LogP contribution in [0.15, 0.2) is 51.4 Å². The summed E-state index contributed by atoms with van der Waals surface area (Å²) in [6.07, 6.45) is 3.99. The Morgan fingerprint density at radius 3 is 2.37 bits per heavy atom. The number of fused-ring (bicyclic) bond motifs is 1. The lowest BCUT2D eigenvalue weighted by molar-refractivity contribution is -0.942. The predicted molar refractivity (Wildman–Crippen MR) is 185 cm³/mol. The summed E-state index contributed by atoms with van der Waals surface area (Å²) in [6.45, 7) is 6.29. The van der Waals surface area contributed by atoms with E-state index in [0.29, 0.717) is 51.5 Å². The first-order valence-corrected chi connectivity index (χ1v) is 18.1. The normalized spacial score (nSPS) is 28.7. The second kappa shape index (κ2) is 14.0. The average molecular weight is 762 g/mol. The topological polar surface area (TPSA) is 96.4 Å². The SMILES string of the molecule is CN1CCC(N2CCN(C3(CC=O)CC(N4CCc5ccccc5NC4=O)CC[N@+]3(Cc3cc(Br)cc(Br)c3)C(=O)O)CC2)CC1. The number of carbonyl (C=O) groups excluding carboxylic acids is 2. The number of piperazine rings is 1. The molecule has 2 aromatic carbocycles. The zero-order valence-corrected chi connectivity index (χ0v) is 29.7. The van der Waals surface area contributed by atoms with E-state index in [1.165, 1.54) is 0 Å². The molecule has 4 aliphatic heterocycles. The van der Waals surface area contributed by atoms with Gasteiger partial charge < -0.3 is 25.0 Å². The zero-order valence-electron chi connectivity index (χ0n) is 26.5. The van der Waals surface area contributed by atoms with Gasteiger partial charge in [0, 0.05) is 77.8 Å². The van der Waals surface area contributed by atoms with Gasteiger partial charge in [-0.3, -0.25) is 4.90 Å². The largest absolute Gasteiger partial charge is 0.515 e. The van der Waals surface area contributed by atoms with Gasteiger partial charge in [-0.2, -0.15) is 4.79 Å². The van der Waals surface area contributed by atoms with Gasteiger partial charge >= 0.3 is 12.1 Å². The molecule has 3 saturated heterocycles. The van der Waals surface area contributed by atoms with Crippen molar-refractivity contribution in [3.8, 4) is 0 Å². The van der Waals surface area contributed by atoms with Crippen molar-refractivity contribution in [3.63, 3.8) is 0 Å². The van der Waals surface area contributed by atoms with Crippen molar-refractivity contribution in [2.45, 2.75) is 62.8 Å². The van der Waals surface area contributed by atoms with Crippen LogP contribution in [0.5, 0.6) is 0 Å². The van der Waals surface area contributed by atoms with Gasteiger partial charge in [-0.1, -0.05) is 50.1 Å². The van der Waals surface area contributed by atoms with Gasteiger partial charge in [0.1, 0.15) is 12.8 Å². The number of urea groups is 1. The number of para-hydroxylation sites is 1. The van der Waals surface area contributed by atoms with E-state index in [-0.39, 0.29) is 29.5 Å². The van der Waals surface area contributed by atoms with Crippen molar-refractivity contribution in [2.75, 3.05) is 64.7 Å². The van der Waals surface area contributed by atoms with Gasteiger partial charge in [-0.15, -0.1) is 0 Å². The van der Waals surface area contributed by atoms with Crippen LogP contribution in [0.3, 0.4) is 0 Å². The number of rotatable bonds is 7. The number of quaternary nitrogens is 1. The second-order valence-electron chi connectivity index (χ2n) is 13.5. The number of nitrogens with zero attached hydrogens (tertiary/aromatic N) is 5.